The second kappa shape index (κ2) is 9.05. The molecule has 0 bridgehead atoms. The van der Waals surface area contributed by atoms with Gasteiger partial charge in [-0.1, -0.05) is 18.3 Å². The van der Waals surface area contributed by atoms with Crippen LogP contribution < -0.4 is 20.1 Å². The quantitative estimate of drug-likeness (QED) is 0.562. The van der Waals surface area contributed by atoms with Gasteiger partial charge in [0.25, 0.3) is 0 Å². The number of nitrogens with two attached hydrogens (primary N) is 1. The van der Waals surface area contributed by atoms with Crippen molar-refractivity contribution in [2.24, 2.45) is 5.73 Å². The van der Waals surface area contributed by atoms with Gasteiger partial charge < -0.3 is 29.6 Å². The third-order valence-electron chi connectivity index (χ3n) is 3.92. The number of rotatable bonds is 6. The zero-order valence-corrected chi connectivity index (χ0v) is 16.7. The van der Waals surface area contributed by atoms with Gasteiger partial charge in [0.05, 0.1) is 39.7 Å². The summed E-state index contributed by atoms with van der Waals surface area (Å²) in [6.45, 7) is 0. The Morgan fingerprint density at radius 1 is 0.964 bits per heavy atom. The van der Waals surface area contributed by atoms with Crippen LogP contribution in [0.1, 0.15) is 5.56 Å². The largest absolute Gasteiger partial charge is 0.493 e. The molecule has 2 N–H and O–H groups in total. The van der Waals surface area contributed by atoms with Crippen molar-refractivity contribution in [3.8, 4) is 11.5 Å². The van der Waals surface area contributed by atoms with E-state index >= 15 is 0 Å². The van der Waals surface area contributed by atoms with E-state index in [9.17, 15) is 9.59 Å². The predicted molar refractivity (Wildman–Crippen MR) is 107 cm³/mol. The Bertz CT molecular complexity index is 904. The van der Waals surface area contributed by atoms with Gasteiger partial charge in [-0.25, -0.2) is 9.59 Å². The summed E-state index contributed by atoms with van der Waals surface area (Å²) in [5, 5.41) is 0. The topological polar surface area (TPSA) is 100 Å². The SMILES string of the molecule is COC(=O)C1=C(C(=O)OC)N(c2cc(OC)c(OC)cc2C(N)=S)C=CC=C1. The Hall–Kier alpha value is -3.33. The normalized spacial score (nSPS) is 13.1. The molecule has 0 aliphatic carbocycles. The second-order valence-electron chi connectivity index (χ2n) is 5.40. The lowest BCUT2D eigenvalue weighted by molar-refractivity contribution is -0.139. The number of nitrogens with zero attached hydrogens (tertiary/aromatic N) is 1. The molecule has 0 saturated heterocycles. The van der Waals surface area contributed by atoms with Crippen molar-refractivity contribution in [2.45, 2.75) is 0 Å². The van der Waals surface area contributed by atoms with Crippen molar-refractivity contribution in [3.63, 3.8) is 0 Å². The van der Waals surface area contributed by atoms with Crippen LogP contribution in [0.4, 0.5) is 5.69 Å². The van der Waals surface area contributed by atoms with Crippen LogP contribution in [0.15, 0.2) is 47.8 Å². The lowest BCUT2D eigenvalue weighted by atomic mass is 10.1. The minimum absolute atomic E-state index is 0.00280. The molecule has 1 heterocycles. The van der Waals surface area contributed by atoms with E-state index in [1.807, 2.05) is 0 Å². The summed E-state index contributed by atoms with van der Waals surface area (Å²) in [5.74, 6) is -0.669. The highest BCUT2D eigenvalue weighted by Gasteiger charge is 2.29. The van der Waals surface area contributed by atoms with Gasteiger partial charge in [0, 0.05) is 17.8 Å². The standard InChI is InChI=1S/C19H20N2O6S/c1-24-14-9-12(17(20)28)13(10-15(14)25-2)21-8-6-5-7-11(18(22)26-3)16(21)19(23)27-4/h5-10H,1-4H3,(H2,20,28). The summed E-state index contributed by atoms with van der Waals surface area (Å²) < 4.78 is 20.3. The summed E-state index contributed by atoms with van der Waals surface area (Å²) >= 11 is 5.17. The van der Waals surface area contributed by atoms with Crippen LogP contribution in [0.5, 0.6) is 11.5 Å². The Kier molecular flexibility index (Phi) is 6.78. The maximum Gasteiger partial charge on any atom is 0.355 e. The molecular weight excluding hydrogens is 384 g/mol. The fraction of sp³-hybridized carbons (Fsp3) is 0.211. The van der Waals surface area contributed by atoms with Crippen LogP contribution >= 0.6 is 12.2 Å². The first-order valence-electron chi connectivity index (χ1n) is 8.00. The Labute approximate surface area is 167 Å². The van der Waals surface area contributed by atoms with Crippen molar-refractivity contribution >= 4 is 34.8 Å². The van der Waals surface area contributed by atoms with E-state index in [4.69, 9.17) is 36.9 Å². The number of carbonyl (C=O) groups is 2. The number of methoxy groups -OCH3 is 4. The van der Waals surface area contributed by atoms with Gasteiger partial charge >= 0.3 is 11.9 Å². The monoisotopic (exact) mass is 404 g/mol. The van der Waals surface area contributed by atoms with Gasteiger partial charge in [0.15, 0.2) is 11.5 Å². The molecule has 1 aromatic rings. The van der Waals surface area contributed by atoms with Gasteiger partial charge in [0.2, 0.25) is 0 Å². The first kappa shape index (κ1) is 21.0. The number of carbonyl (C=O) groups excluding carboxylic acids is 2. The van der Waals surface area contributed by atoms with Crippen LogP contribution in [0.25, 0.3) is 0 Å². The van der Waals surface area contributed by atoms with Crippen molar-refractivity contribution in [1.29, 1.82) is 0 Å². The zero-order chi connectivity index (χ0) is 20.8. The summed E-state index contributed by atoms with van der Waals surface area (Å²) in [6.07, 6.45) is 6.26. The molecule has 0 spiro atoms. The number of esters is 2. The van der Waals surface area contributed by atoms with E-state index < -0.39 is 11.9 Å². The molecule has 0 amide bonds. The maximum absolute atomic E-state index is 12.6. The molecule has 9 heteroatoms. The molecule has 1 aromatic carbocycles. The van der Waals surface area contributed by atoms with Crippen LogP contribution in [-0.2, 0) is 19.1 Å². The average molecular weight is 404 g/mol. The van der Waals surface area contributed by atoms with Crippen molar-refractivity contribution in [3.05, 3.63) is 53.4 Å². The summed E-state index contributed by atoms with van der Waals surface area (Å²) in [7, 11) is 5.38. The molecule has 0 atom stereocenters. The molecule has 28 heavy (non-hydrogen) atoms. The highest BCUT2D eigenvalue weighted by Crippen LogP contribution is 2.38. The van der Waals surface area contributed by atoms with E-state index in [1.54, 1.807) is 30.5 Å². The highest BCUT2D eigenvalue weighted by atomic mass is 32.1. The van der Waals surface area contributed by atoms with Gasteiger partial charge in [-0.15, -0.1) is 0 Å². The Morgan fingerprint density at radius 2 is 1.57 bits per heavy atom. The minimum atomic E-state index is -0.750. The summed E-state index contributed by atoms with van der Waals surface area (Å²) in [5.41, 5.74) is 6.63. The van der Waals surface area contributed by atoms with E-state index in [-0.39, 0.29) is 16.3 Å². The van der Waals surface area contributed by atoms with E-state index in [1.165, 1.54) is 39.4 Å². The lowest BCUT2D eigenvalue weighted by Gasteiger charge is -2.26. The molecule has 1 aliphatic heterocycles. The number of anilines is 1. The third-order valence-corrected chi connectivity index (χ3v) is 4.14. The highest BCUT2D eigenvalue weighted by molar-refractivity contribution is 7.80. The summed E-state index contributed by atoms with van der Waals surface area (Å²) in [4.78, 5) is 26.4. The first-order valence-corrected chi connectivity index (χ1v) is 8.41. The molecule has 1 aliphatic rings. The molecule has 148 valence electrons. The number of allylic oxidation sites excluding steroid dienone is 2. The Morgan fingerprint density at radius 3 is 2.11 bits per heavy atom. The molecule has 0 radical (unpaired) electrons. The van der Waals surface area contributed by atoms with Crippen LogP contribution in [0.2, 0.25) is 0 Å². The van der Waals surface area contributed by atoms with E-state index in [2.05, 4.69) is 0 Å². The van der Waals surface area contributed by atoms with Crippen LogP contribution in [0.3, 0.4) is 0 Å². The minimum Gasteiger partial charge on any atom is -0.493 e. The van der Waals surface area contributed by atoms with Crippen LogP contribution in [0, 0.1) is 0 Å². The predicted octanol–water partition coefficient (Wildman–Crippen LogP) is 1.83. The van der Waals surface area contributed by atoms with E-state index in [0.29, 0.717) is 22.7 Å². The van der Waals surface area contributed by atoms with Gasteiger partial charge in [-0.3, -0.25) is 0 Å². The lowest BCUT2D eigenvalue weighted by Crippen LogP contribution is -2.28. The zero-order valence-electron chi connectivity index (χ0n) is 15.8. The molecule has 8 nitrogen and oxygen atoms in total. The maximum atomic E-state index is 12.6. The Balaban J connectivity index is 2.84. The van der Waals surface area contributed by atoms with Crippen molar-refractivity contribution < 1.29 is 28.5 Å². The van der Waals surface area contributed by atoms with Crippen LogP contribution in [-0.4, -0.2) is 45.4 Å². The van der Waals surface area contributed by atoms with Gasteiger partial charge in [0.1, 0.15) is 10.7 Å². The molecule has 0 fully saturated rings. The fourth-order valence-electron chi connectivity index (χ4n) is 2.62. The third kappa shape index (κ3) is 3.99. The smallest absolute Gasteiger partial charge is 0.355 e. The average Bonchev–Trinajstić information content (AvgIpc) is 2.94. The number of hydrogen-bond acceptors (Lipinski definition) is 8. The second-order valence-corrected chi connectivity index (χ2v) is 5.84. The fourth-order valence-corrected chi connectivity index (χ4v) is 2.78. The summed E-state index contributed by atoms with van der Waals surface area (Å²) in [6, 6.07) is 3.19. The molecule has 2 rings (SSSR count). The molecule has 0 unspecified atom stereocenters. The molecule has 0 aromatic heterocycles. The first-order chi connectivity index (χ1) is 13.4. The van der Waals surface area contributed by atoms with Crippen molar-refractivity contribution in [1.82, 2.24) is 0 Å². The number of hydrogen-bond donors (Lipinski definition) is 1. The number of benzene rings is 1. The van der Waals surface area contributed by atoms with E-state index in [0.717, 1.165) is 0 Å². The molecular formula is C19H20N2O6S. The van der Waals surface area contributed by atoms with Gasteiger partial charge in [-0.2, -0.15) is 0 Å². The molecule has 0 saturated carbocycles. The number of ether oxygens (including phenoxy) is 4. The van der Waals surface area contributed by atoms with Gasteiger partial charge in [-0.05, 0) is 18.2 Å². The van der Waals surface area contributed by atoms with Crippen molar-refractivity contribution in [2.75, 3.05) is 33.3 Å². The number of thiocarbonyl (C=S) groups is 1.